The van der Waals surface area contributed by atoms with Crippen LogP contribution in [0, 0.1) is 0 Å². The number of ether oxygens (including phenoxy) is 2. The first-order valence-corrected chi connectivity index (χ1v) is 5.38. The quantitative estimate of drug-likeness (QED) is 0.747. The molecule has 3 nitrogen and oxygen atoms in total. The molecule has 1 aliphatic rings. The minimum absolute atomic E-state index is 0.0323. The van der Waals surface area contributed by atoms with Gasteiger partial charge in [-0.1, -0.05) is 0 Å². The van der Waals surface area contributed by atoms with Crippen molar-refractivity contribution in [3.63, 3.8) is 0 Å². The first-order chi connectivity index (χ1) is 7.33. The Balaban J connectivity index is 2.11. The fraction of sp³-hybridized carbons (Fsp3) is 1.00. The van der Waals surface area contributed by atoms with Crippen molar-refractivity contribution in [3.8, 4) is 0 Å². The Labute approximate surface area is 93.1 Å². The van der Waals surface area contributed by atoms with E-state index < -0.39 is 18.3 Å². The number of hydrogen-bond acceptors (Lipinski definition) is 3. The molecule has 0 saturated carbocycles. The van der Waals surface area contributed by atoms with Crippen LogP contribution >= 0.6 is 0 Å². The van der Waals surface area contributed by atoms with Crippen molar-refractivity contribution in [1.29, 1.82) is 0 Å². The first kappa shape index (κ1) is 13.7. The maximum absolute atomic E-state index is 11.8. The van der Waals surface area contributed by atoms with Crippen LogP contribution in [0.25, 0.3) is 0 Å². The van der Waals surface area contributed by atoms with E-state index in [4.69, 9.17) is 10.5 Å². The Morgan fingerprint density at radius 3 is 2.69 bits per heavy atom. The molecule has 1 rings (SSSR count). The summed E-state index contributed by atoms with van der Waals surface area (Å²) in [6.45, 7) is 1.42. The predicted octanol–water partition coefficient (Wildman–Crippen LogP) is 1.85. The molecule has 0 aliphatic carbocycles. The topological polar surface area (TPSA) is 44.5 Å². The third-order valence-electron chi connectivity index (χ3n) is 2.94. The minimum atomic E-state index is -4.25. The summed E-state index contributed by atoms with van der Waals surface area (Å²) in [5, 5.41) is 0. The van der Waals surface area contributed by atoms with E-state index in [2.05, 4.69) is 4.74 Å². The van der Waals surface area contributed by atoms with Crippen LogP contribution in [0.5, 0.6) is 0 Å². The fourth-order valence-electron chi connectivity index (χ4n) is 1.81. The number of alkyl halides is 3. The van der Waals surface area contributed by atoms with Gasteiger partial charge in [0.1, 0.15) is 6.61 Å². The van der Waals surface area contributed by atoms with Crippen LogP contribution in [0.3, 0.4) is 0 Å². The molecule has 0 bridgehead atoms. The van der Waals surface area contributed by atoms with Gasteiger partial charge in [-0.3, -0.25) is 0 Å². The van der Waals surface area contributed by atoms with E-state index in [1.165, 1.54) is 0 Å². The summed E-state index contributed by atoms with van der Waals surface area (Å²) in [6, 6.07) is 0. The molecule has 1 heterocycles. The van der Waals surface area contributed by atoms with Crippen LogP contribution in [0.15, 0.2) is 0 Å². The molecule has 1 fully saturated rings. The molecule has 1 saturated heterocycles. The lowest BCUT2D eigenvalue weighted by molar-refractivity contribution is -0.174. The third-order valence-corrected chi connectivity index (χ3v) is 2.94. The third kappa shape index (κ3) is 4.27. The second-order valence-corrected chi connectivity index (χ2v) is 4.27. The molecule has 0 radical (unpaired) electrons. The van der Waals surface area contributed by atoms with E-state index in [0.717, 1.165) is 6.42 Å². The van der Waals surface area contributed by atoms with E-state index in [0.29, 0.717) is 19.4 Å². The van der Waals surface area contributed by atoms with Gasteiger partial charge >= 0.3 is 6.18 Å². The van der Waals surface area contributed by atoms with Gasteiger partial charge in [0.15, 0.2) is 0 Å². The van der Waals surface area contributed by atoms with E-state index in [1.807, 2.05) is 6.92 Å². The van der Waals surface area contributed by atoms with Crippen LogP contribution in [0.4, 0.5) is 13.2 Å². The molecule has 0 aromatic carbocycles. The smallest absolute Gasteiger partial charge is 0.377 e. The number of rotatable bonds is 5. The van der Waals surface area contributed by atoms with Crippen molar-refractivity contribution in [1.82, 2.24) is 0 Å². The van der Waals surface area contributed by atoms with Crippen molar-refractivity contribution in [2.45, 2.75) is 44.0 Å². The van der Waals surface area contributed by atoms with Crippen molar-refractivity contribution < 1.29 is 22.6 Å². The molecule has 2 N–H and O–H groups in total. The maximum Gasteiger partial charge on any atom is 0.411 e. The Morgan fingerprint density at radius 2 is 2.19 bits per heavy atom. The molecule has 1 aliphatic heterocycles. The highest BCUT2D eigenvalue weighted by molar-refractivity contribution is 4.94. The SMILES string of the molecule is CC1OCCC1(N)CCCOCC(F)(F)F. The monoisotopic (exact) mass is 241 g/mol. The normalized spacial score (nSPS) is 30.9. The fourth-order valence-corrected chi connectivity index (χ4v) is 1.81. The summed E-state index contributed by atoms with van der Waals surface area (Å²) in [5.74, 6) is 0. The molecule has 2 atom stereocenters. The van der Waals surface area contributed by atoms with Gasteiger partial charge in [-0.25, -0.2) is 0 Å². The lowest BCUT2D eigenvalue weighted by Gasteiger charge is -2.27. The second kappa shape index (κ2) is 5.33. The second-order valence-electron chi connectivity index (χ2n) is 4.27. The molecule has 16 heavy (non-hydrogen) atoms. The predicted molar refractivity (Wildman–Crippen MR) is 53.1 cm³/mol. The van der Waals surface area contributed by atoms with E-state index in [9.17, 15) is 13.2 Å². The van der Waals surface area contributed by atoms with Crippen molar-refractivity contribution in [2.24, 2.45) is 5.73 Å². The van der Waals surface area contributed by atoms with Crippen molar-refractivity contribution >= 4 is 0 Å². The lowest BCUT2D eigenvalue weighted by Crippen LogP contribution is -2.46. The largest absolute Gasteiger partial charge is 0.411 e. The van der Waals surface area contributed by atoms with Crippen molar-refractivity contribution in [3.05, 3.63) is 0 Å². The molecule has 6 heteroatoms. The summed E-state index contributed by atoms with van der Waals surface area (Å²) in [6.07, 6.45) is -2.36. The van der Waals surface area contributed by atoms with Crippen LogP contribution < -0.4 is 5.73 Å². The first-order valence-electron chi connectivity index (χ1n) is 5.38. The van der Waals surface area contributed by atoms with Crippen LogP contribution in [-0.4, -0.2) is 37.6 Å². The van der Waals surface area contributed by atoms with E-state index >= 15 is 0 Å². The highest BCUT2D eigenvalue weighted by Crippen LogP contribution is 2.27. The summed E-state index contributed by atoms with van der Waals surface area (Å²) >= 11 is 0. The van der Waals surface area contributed by atoms with E-state index in [1.54, 1.807) is 0 Å². The van der Waals surface area contributed by atoms with Crippen LogP contribution in [0.1, 0.15) is 26.2 Å². The highest BCUT2D eigenvalue weighted by Gasteiger charge is 2.37. The van der Waals surface area contributed by atoms with Gasteiger partial charge < -0.3 is 15.2 Å². The Hall–Kier alpha value is -0.330. The standard InChI is InChI=1S/C10H18F3NO2/c1-8-9(14,4-6-16-8)3-2-5-15-7-10(11,12)13/h8H,2-7,14H2,1H3. The average molecular weight is 241 g/mol. The zero-order valence-electron chi connectivity index (χ0n) is 9.35. The summed E-state index contributed by atoms with van der Waals surface area (Å²) in [7, 11) is 0. The highest BCUT2D eigenvalue weighted by atomic mass is 19.4. The average Bonchev–Trinajstić information content (AvgIpc) is 2.45. The van der Waals surface area contributed by atoms with Gasteiger partial charge in [0.25, 0.3) is 0 Å². The van der Waals surface area contributed by atoms with Gasteiger partial charge in [-0.2, -0.15) is 13.2 Å². The molecule has 0 spiro atoms. The van der Waals surface area contributed by atoms with E-state index in [-0.39, 0.29) is 12.7 Å². The molecule has 0 amide bonds. The molecule has 0 aromatic rings. The summed E-state index contributed by atoms with van der Waals surface area (Å²) in [4.78, 5) is 0. The summed E-state index contributed by atoms with van der Waals surface area (Å²) < 4.78 is 45.1. The molecular weight excluding hydrogens is 223 g/mol. The molecule has 96 valence electrons. The van der Waals surface area contributed by atoms with Crippen LogP contribution in [-0.2, 0) is 9.47 Å². The van der Waals surface area contributed by atoms with Crippen molar-refractivity contribution in [2.75, 3.05) is 19.8 Å². The van der Waals surface area contributed by atoms with Gasteiger partial charge in [0, 0.05) is 18.8 Å². The lowest BCUT2D eigenvalue weighted by atomic mass is 9.88. The molecule has 0 aromatic heterocycles. The van der Waals surface area contributed by atoms with Gasteiger partial charge in [0.05, 0.1) is 6.10 Å². The zero-order chi connectivity index (χ0) is 12.2. The van der Waals surface area contributed by atoms with Gasteiger partial charge in [0.2, 0.25) is 0 Å². The minimum Gasteiger partial charge on any atom is -0.377 e. The Kier molecular flexibility index (Phi) is 4.58. The van der Waals surface area contributed by atoms with Gasteiger partial charge in [-0.15, -0.1) is 0 Å². The van der Waals surface area contributed by atoms with Crippen LogP contribution in [0.2, 0.25) is 0 Å². The Bertz CT molecular complexity index is 223. The number of nitrogens with two attached hydrogens (primary N) is 1. The number of halogens is 3. The number of hydrogen-bond donors (Lipinski definition) is 1. The van der Waals surface area contributed by atoms with Gasteiger partial charge in [-0.05, 0) is 26.2 Å². The Morgan fingerprint density at radius 1 is 1.50 bits per heavy atom. The molecular formula is C10H18F3NO2. The maximum atomic E-state index is 11.8. The molecule has 2 unspecified atom stereocenters. The summed E-state index contributed by atoms with van der Waals surface area (Å²) in [5.41, 5.74) is 5.67. The zero-order valence-corrected chi connectivity index (χ0v) is 9.35.